The number of carboxylic acid groups (broad SMARTS) is 1. The van der Waals surface area contributed by atoms with Crippen LogP contribution in [0.3, 0.4) is 0 Å². The molecule has 0 aliphatic rings. The summed E-state index contributed by atoms with van der Waals surface area (Å²) in [4.78, 5) is 22.2. The number of benzene rings is 1. The molecule has 4 nitrogen and oxygen atoms in total. The maximum Gasteiger partial charge on any atom is 0.325 e. The second kappa shape index (κ2) is 7.68. The molecule has 0 aliphatic heterocycles. The number of carboxylic acids is 1. The molecule has 0 aromatic heterocycles. The van der Waals surface area contributed by atoms with Gasteiger partial charge in [-0.2, -0.15) is 0 Å². The molecule has 20 heavy (non-hydrogen) atoms. The summed E-state index contributed by atoms with van der Waals surface area (Å²) in [5.41, 5.74) is 2.39. The first kappa shape index (κ1) is 16.2. The first-order chi connectivity index (χ1) is 9.38. The normalized spacial score (nSPS) is 12.2. The Morgan fingerprint density at radius 1 is 1.10 bits per heavy atom. The third-order valence-corrected chi connectivity index (χ3v) is 3.06. The molecule has 1 unspecified atom stereocenters. The molecule has 1 atom stereocenters. The zero-order chi connectivity index (χ0) is 15.1. The quantitative estimate of drug-likeness (QED) is 0.804. The average molecular weight is 277 g/mol. The lowest BCUT2D eigenvalue weighted by Crippen LogP contribution is -2.38. The van der Waals surface area contributed by atoms with E-state index < -0.39 is 12.0 Å². The monoisotopic (exact) mass is 277 g/mol. The standard InChI is InChI=1S/C16H23NO3/c1-11(2)10-14-6-4-13(5-7-14)8-9-15(18)17-12(3)16(19)20/h4-7,11-12H,8-10H2,1-3H3,(H,17,18)(H,19,20). The highest BCUT2D eigenvalue weighted by Gasteiger charge is 2.13. The maximum atomic E-state index is 11.6. The van der Waals surface area contributed by atoms with Gasteiger partial charge >= 0.3 is 5.97 Å². The highest BCUT2D eigenvalue weighted by Crippen LogP contribution is 2.11. The van der Waals surface area contributed by atoms with E-state index in [2.05, 4.69) is 31.3 Å². The highest BCUT2D eigenvalue weighted by molar-refractivity contribution is 5.83. The maximum absolute atomic E-state index is 11.6. The van der Waals surface area contributed by atoms with Gasteiger partial charge in [0.2, 0.25) is 5.91 Å². The Labute approximate surface area is 120 Å². The second-order valence-corrected chi connectivity index (χ2v) is 5.54. The van der Waals surface area contributed by atoms with E-state index in [4.69, 9.17) is 5.11 Å². The van der Waals surface area contributed by atoms with Crippen LogP contribution < -0.4 is 5.32 Å². The molecular formula is C16H23NO3. The van der Waals surface area contributed by atoms with Crippen LogP contribution in [-0.2, 0) is 22.4 Å². The molecule has 0 fully saturated rings. The van der Waals surface area contributed by atoms with E-state index in [9.17, 15) is 9.59 Å². The van der Waals surface area contributed by atoms with Crippen molar-refractivity contribution in [1.82, 2.24) is 5.32 Å². The Bertz CT molecular complexity index is 451. The van der Waals surface area contributed by atoms with E-state index in [1.54, 1.807) is 0 Å². The third kappa shape index (κ3) is 5.87. The van der Waals surface area contributed by atoms with Crippen LogP contribution in [0.4, 0.5) is 0 Å². The van der Waals surface area contributed by atoms with E-state index in [1.165, 1.54) is 12.5 Å². The lowest BCUT2D eigenvalue weighted by atomic mass is 10.0. The van der Waals surface area contributed by atoms with Gasteiger partial charge in [0.05, 0.1) is 0 Å². The van der Waals surface area contributed by atoms with Gasteiger partial charge in [0.15, 0.2) is 0 Å². The van der Waals surface area contributed by atoms with E-state index in [0.717, 1.165) is 12.0 Å². The third-order valence-electron chi connectivity index (χ3n) is 3.06. The van der Waals surface area contributed by atoms with Crippen molar-refractivity contribution in [2.24, 2.45) is 5.92 Å². The van der Waals surface area contributed by atoms with Crippen LogP contribution in [0.5, 0.6) is 0 Å². The van der Waals surface area contributed by atoms with Gasteiger partial charge < -0.3 is 10.4 Å². The smallest absolute Gasteiger partial charge is 0.325 e. The van der Waals surface area contributed by atoms with Gasteiger partial charge in [-0.3, -0.25) is 9.59 Å². The summed E-state index contributed by atoms with van der Waals surface area (Å²) in [6.07, 6.45) is 1.98. The van der Waals surface area contributed by atoms with Gasteiger partial charge in [-0.15, -0.1) is 0 Å². The second-order valence-electron chi connectivity index (χ2n) is 5.54. The summed E-state index contributed by atoms with van der Waals surface area (Å²) in [6, 6.07) is 7.41. The zero-order valence-corrected chi connectivity index (χ0v) is 12.3. The van der Waals surface area contributed by atoms with Gasteiger partial charge in [0, 0.05) is 6.42 Å². The molecule has 2 N–H and O–H groups in total. The number of aliphatic carboxylic acids is 1. The molecule has 0 saturated carbocycles. The fraction of sp³-hybridized carbons (Fsp3) is 0.500. The van der Waals surface area contributed by atoms with Crippen molar-refractivity contribution in [3.63, 3.8) is 0 Å². The lowest BCUT2D eigenvalue weighted by Gasteiger charge is -2.09. The first-order valence-electron chi connectivity index (χ1n) is 6.98. The van der Waals surface area contributed by atoms with Crippen molar-refractivity contribution in [1.29, 1.82) is 0 Å². The molecule has 0 bridgehead atoms. The molecule has 1 aromatic rings. The summed E-state index contributed by atoms with van der Waals surface area (Å²) in [7, 11) is 0. The minimum absolute atomic E-state index is 0.230. The number of hydrogen-bond donors (Lipinski definition) is 2. The Kier molecular flexibility index (Phi) is 6.22. The molecular weight excluding hydrogens is 254 g/mol. The van der Waals surface area contributed by atoms with Crippen LogP contribution >= 0.6 is 0 Å². The van der Waals surface area contributed by atoms with E-state index in [-0.39, 0.29) is 5.91 Å². The minimum Gasteiger partial charge on any atom is -0.480 e. The number of amides is 1. The average Bonchev–Trinajstić information content (AvgIpc) is 2.37. The Morgan fingerprint density at radius 3 is 2.15 bits per heavy atom. The molecule has 1 aromatic carbocycles. The van der Waals surface area contributed by atoms with Gasteiger partial charge in [0.1, 0.15) is 6.04 Å². The molecule has 1 rings (SSSR count). The molecule has 4 heteroatoms. The van der Waals surface area contributed by atoms with Crippen molar-refractivity contribution in [3.8, 4) is 0 Å². The molecule has 0 aliphatic carbocycles. The van der Waals surface area contributed by atoms with Gasteiger partial charge in [0.25, 0.3) is 0 Å². The van der Waals surface area contributed by atoms with Gasteiger partial charge in [-0.05, 0) is 36.8 Å². The summed E-state index contributed by atoms with van der Waals surface area (Å²) >= 11 is 0. The van der Waals surface area contributed by atoms with E-state index >= 15 is 0 Å². The number of aryl methyl sites for hydroxylation is 1. The molecule has 0 spiro atoms. The zero-order valence-electron chi connectivity index (χ0n) is 12.3. The Balaban J connectivity index is 2.42. The molecule has 110 valence electrons. The van der Waals surface area contributed by atoms with Crippen LogP contribution in [0.1, 0.15) is 38.3 Å². The fourth-order valence-corrected chi connectivity index (χ4v) is 1.95. The largest absolute Gasteiger partial charge is 0.480 e. The van der Waals surface area contributed by atoms with Crippen molar-refractivity contribution < 1.29 is 14.7 Å². The number of hydrogen-bond acceptors (Lipinski definition) is 2. The molecule has 1 amide bonds. The highest BCUT2D eigenvalue weighted by atomic mass is 16.4. The van der Waals surface area contributed by atoms with Crippen LogP contribution in [-0.4, -0.2) is 23.0 Å². The summed E-state index contributed by atoms with van der Waals surface area (Å²) < 4.78 is 0. The van der Waals surface area contributed by atoms with Gasteiger partial charge in [-0.1, -0.05) is 38.1 Å². The first-order valence-corrected chi connectivity index (χ1v) is 6.98. The van der Waals surface area contributed by atoms with Crippen LogP contribution in [0, 0.1) is 5.92 Å². The number of nitrogens with one attached hydrogen (secondary N) is 1. The summed E-state index contributed by atoms with van der Waals surface area (Å²) in [6.45, 7) is 5.82. The summed E-state index contributed by atoms with van der Waals surface area (Å²) in [5, 5.41) is 11.2. The van der Waals surface area contributed by atoms with Crippen molar-refractivity contribution in [3.05, 3.63) is 35.4 Å². The van der Waals surface area contributed by atoms with E-state index in [1.807, 2.05) is 12.1 Å². The minimum atomic E-state index is -1.02. The topological polar surface area (TPSA) is 66.4 Å². The lowest BCUT2D eigenvalue weighted by molar-refractivity contribution is -0.141. The Morgan fingerprint density at radius 2 is 1.65 bits per heavy atom. The van der Waals surface area contributed by atoms with Crippen molar-refractivity contribution >= 4 is 11.9 Å². The van der Waals surface area contributed by atoms with Crippen LogP contribution in [0.15, 0.2) is 24.3 Å². The van der Waals surface area contributed by atoms with Crippen molar-refractivity contribution in [2.45, 2.75) is 46.1 Å². The number of carbonyl (C=O) groups excluding carboxylic acids is 1. The van der Waals surface area contributed by atoms with E-state index in [0.29, 0.717) is 18.8 Å². The van der Waals surface area contributed by atoms with Crippen LogP contribution in [0.25, 0.3) is 0 Å². The summed E-state index contributed by atoms with van der Waals surface area (Å²) in [5.74, 6) is -0.619. The molecule has 0 radical (unpaired) electrons. The Hall–Kier alpha value is -1.84. The SMILES string of the molecule is CC(C)Cc1ccc(CCC(=O)NC(C)C(=O)O)cc1. The predicted molar refractivity (Wildman–Crippen MR) is 78.5 cm³/mol. The fourth-order valence-electron chi connectivity index (χ4n) is 1.95. The van der Waals surface area contributed by atoms with Crippen LogP contribution in [0.2, 0.25) is 0 Å². The number of rotatable bonds is 7. The predicted octanol–water partition coefficient (Wildman–Crippen LogP) is 2.41. The number of carbonyl (C=O) groups is 2. The molecule has 0 heterocycles. The molecule has 0 saturated heterocycles. The van der Waals surface area contributed by atoms with Crippen molar-refractivity contribution in [2.75, 3.05) is 0 Å². The van der Waals surface area contributed by atoms with Gasteiger partial charge in [-0.25, -0.2) is 0 Å².